The third-order valence-corrected chi connectivity index (χ3v) is 4.82. The molecule has 0 aliphatic carbocycles. The zero-order valence-corrected chi connectivity index (χ0v) is 16.0. The fourth-order valence-electron chi connectivity index (χ4n) is 2.21. The number of amides is 2. The molecule has 2 aromatic carbocycles. The number of hydrogen-bond donors (Lipinski definition) is 1. The van der Waals surface area contributed by atoms with Crippen molar-refractivity contribution in [2.45, 2.75) is 23.1 Å². The average Bonchev–Trinajstić information content (AvgIpc) is 2.61. The van der Waals surface area contributed by atoms with Crippen molar-refractivity contribution in [3.05, 3.63) is 53.1 Å². The van der Waals surface area contributed by atoms with Crippen LogP contribution in [0.2, 0.25) is 5.02 Å². The third kappa shape index (κ3) is 5.51. The van der Waals surface area contributed by atoms with Crippen molar-refractivity contribution in [3.8, 4) is 6.07 Å². The van der Waals surface area contributed by atoms with Gasteiger partial charge in [0.1, 0.15) is 0 Å². The number of nitriles is 1. The summed E-state index contributed by atoms with van der Waals surface area (Å²) in [6.45, 7) is 1.77. The van der Waals surface area contributed by atoms with Gasteiger partial charge in [-0.3, -0.25) is 9.59 Å². The van der Waals surface area contributed by atoms with E-state index in [2.05, 4.69) is 5.32 Å². The summed E-state index contributed by atoms with van der Waals surface area (Å²) in [5.41, 5.74) is 1.02. The summed E-state index contributed by atoms with van der Waals surface area (Å²) in [6.07, 6.45) is 0.269. The Balaban J connectivity index is 2.29. The van der Waals surface area contributed by atoms with E-state index in [-0.39, 0.29) is 18.2 Å². The molecule has 134 valence electrons. The highest BCUT2D eigenvalue weighted by atomic mass is 35.5. The molecule has 2 amide bonds. The van der Waals surface area contributed by atoms with Crippen molar-refractivity contribution in [1.82, 2.24) is 4.90 Å². The highest BCUT2D eigenvalue weighted by Gasteiger charge is 2.15. The molecule has 0 radical (unpaired) electrons. The van der Waals surface area contributed by atoms with Gasteiger partial charge in [-0.2, -0.15) is 5.26 Å². The summed E-state index contributed by atoms with van der Waals surface area (Å²) < 4.78 is 0. The third-order valence-electron chi connectivity index (χ3n) is 3.48. The van der Waals surface area contributed by atoms with Gasteiger partial charge in [-0.25, -0.2) is 0 Å². The minimum atomic E-state index is -0.217. The van der Waals surface area contributed by atoms with Crippen molar-refractivity contribution in [1.29, 1.82) is 5.26 Å². The first kappa shape index (κ1) is 19.8. The van der Waals surface area contributed by atoms with Crippen LogP contribution in [0.4, 0.5) is 5.69 Å². The van der Waals surface area contributed by atoms with E-state index >= 15 is 0 Å². The van der Waals surface area contributed by atoms with E-state index in [1.54, 1.807) is 37.4 Å². The molecule has 0 aliphatic heterocycles. The van der Waals surface area contributed by atoms with Crippen LogP contribution in [0.1, 0.15) is 23.7 Å². The van der Waals surface area contributed by atoms with Gasteiger partial charge < -0.3 is 10.2 Å². The Kier molecular flexibility index (Phi) is 7.07. The van der Waals surface area contributed by atoms with E-state index in [0.29, 0.717) is 22.8 Å². The monoisotopic (exact) mass is 387 g/mol. The average molecular weight is 388 g/mol. The number of nitrogens with one attached hydrogen (secondary N) is 1. The molecule has 0 aliphatic rings. The Labute approximate surface area is 161 Å². The van der Waals surface area contributed by atoms with Crippen LogP contribution >= 0.6 is 23.4 Å². The minimum Gasteiger partial charge on any atom is -0.341 e. The van der Waals surface area contributed by atoms with E-state index < -0.39 is 0 Å². The molecule has 2 aromatic rings. The fraction of sp³-hybridized carbons (Fsp3) is 0.211. The molecule has 0 aromatic heterocycles. The molecule has 7 heteroatoms. The highest BCUT2D eigenvalue weighted by Crippen LogP contribution is 2.35. The maximum Gasteiger partial charge on any atom is 0.253 e. The number of anilines is 1. The Bertz CT molecular complexity index is 847. The molecule has 0 fully saturated rings. The lowest BCUT2D eigenvalue weighted by atomic mass is 10.1. The van der Waals surface area contributed by atoms with Gasteiger partial charge in [-0.15, -0.1) is 0 Å². The summed E-state index contributed by atoms with van der Waals surface area (Å²) in [5, 5.41) is 12.1. The zero-order valence-electron chi connectivity index (χ0n) is 14.5. The van der Waals surface area contributed by atoms with E-state index in [1.807, 2.05) is 18.2 Å². The zero-order chi connectivity index (χ0) is 19.1. The summed E-state index contributed by atoms with van der Waals surface area (Å²) >= 11 is 7.37. The van der Waals surface area contributed by atoms with Crippen LogP contribution in [0.25, 0.3) is 0 Å². The van der Waals surface area contributed by atoms with E-state index in [9.17, 15) is 9.59 Å². The first-order valence-corrected chi connectivity index (χ1v) is 9.07. The number of carbonyl (C=O) groups excluding carboxylic acids is 2. The van der Waals surface area contributed by atoms with Crippen LogP contribution in [0.5, 0.6) is 0 Å². The van der Waals surface area contributed by atoms with Crippen LogP contribution in [0.3, 0.4) is 0 Å². The highest BCUT2D eigenvalue weighted by molar-refractivity contribution is 7.99. The molecule has 0 bridgehead atoms. The lowest BCUT2D eigenvalue weighted by molar-refractivity contribution is -0.114. The van der Waals surface area contributed by atoms with Gasteiger partial charge in [0.2, 0.25) is 5.91 Å². The van der Waals surface area contributed by atoms with Gasteiger partial charge in [0.05, 0.1) is 18.2 Å². The Morgan fingerprint density at radius 1 is 1.23 bits per heavy atom. The summed E-state index contributed by atoms with van der Waals surface area (Å²) in [5.74, 6) is -0.416. The second kappa shape index (κ2) is 9.27. The predicted molar refractivity (Wildman–Crippen MR) is 104 cm³/mol. The van der Waals surface area contributed by atoms with Crippen molar-refractivity contribution < 1.29 is 9.59 Å². The maximum absolute atomic E-state index is 12.5. The molecule has 0 spiro atoms. The normalized spacial score (nSPS) is 10.1. The Morgan fingerprint density at radius 2 is 1.92 bits per heavy atom. The predicted octanol–water partition coefficient (Wildman–Crippen LogP) is 4.44. The van der Waals surface area contributed by atoms with Crippen molar-refractivity contribution in [2.24, 2.45) is 0 Å². The summed E-state index contributed by atoms with van der Waals surface area (Å²) in [7, 11) is 1.65. The van der Waals surface area contributed by atoms with Crippen molar-refractivity contribution >= 4 is 40.9 Å². The van der Waals surface area contributed by atoms with Gasteiger partial charge in [0.15, 0.2) is 0 Å². The standard InChI is InChI=1S/C19H18ClN3O2S/c1-13(24)22-17-12-14(19(25)23(2)11-3-10-21)4-9-18(17)26-16-7-5-15(20)6-8-16/h4-9,12H,3,11H2,1-2H3,(H,22,24). The quantitative estimate of drug-likeness (QED) is 0.795. The molecule has 2 rings (SSSR count). The molecular formula is C19H18ClN3O2S. The lowest BCUT2D eigenvalue weighted by Crippen LogP contribution is -2.27. The molecule has 5 nitrogen and oxygen atoms in total. The molecule has 0 heterocycles. The van der Waals surface area contributed by atoms with Crippen molar-refractivity contribution in [2.75, 3.05) is 18.9 Å². The van der Waals surface area contributed by atoms with Crippen LogP contribution in [0.15, 0.2) is 52.3 Å². The van der Waals surface area contributed by atoms with Gasteiger partial charge in [-0.1, -0.05) is 23.4 Å². The molecule has 0 saturated carbocycles. The fourth-order valence-corrected chi connectivity index (χ4v) is 3.22. The SMILES string of the molecule is CC(=O)Nc1cc(C(=O)N(C)CCC#N)ccc1Sc1ccc(Cl)cc1. The largest absolute Gasteiger partial charge is 0.341 e. The number of carbonyl (C=O) groups is 2. The summed E-state index contributed by atoms with van der Waals surface area (Å²) in [4.78, 5) is 27.3. The van der Waals surface area contributed by atoms with E-state index in [4.69, 9.17) is 16.9 Å². The molecule has 0 atom stereocenters. The number of nitrogens with zero attached hydrogens (tertiary/aromatic N) is 2. The first-order valence-electron chi connectivity index (χ1n) is 7.88. The molecule has 1 N–H and O–H groups in total. The number of benzene rings is 2. The van der Waals surface area contributed by atoms with Gasteiger partial charge in [0, 0.05) is 40.9 Å². The second-order valence-electron chi connectivity index (χ2n) is 5.58. The lowest BCUT2D eigenvalue weighted by Gasteiger charge is -2.17. The van der Waals surface area contributed by atoms with Gasteiger partial charge >= 0.3 is 0 Å². The molecule has 0 unspecified atom stereocenters. The van der Waals surface area contributed by atoms with Crippen LogP contribution < -0.4 is 5.32 Å². The molecular weight excluding hydrogens is 370 g/mol. The van der Waals surface area contributed by atoms with Crippen LogP contribution in [-0.4, -0.2) is 30.3 Å². The Hall–Kier alpha value is -2.49. The van der Waals surface area contributed by atoms with Crippen LogP contribution in [0, 0.1) is 11.3 Å². The molecule has 26 heavy (non-hydrogen) atoms. The minimum absolute atomic E-state index is 0.199. The second-order valence-corrected chi connectivity index (χ2v) is 7.13. The maximum atomic E-state index is 12.5. The topological polar surface area (TPSA) is 73.2 Å². The van der Waals surface area contributed by atoms with E-state index in [0.717, 1.165) is 9.79 Å². The smallest absolute Gasteiger partial charge is 0.253 e. The van der Waals surface area contributed by atoms with Crippen molar-refractivity contribution in [3.63, 3.8) is 0 Å². The van der Waals surface area contributed by atoms with E-state index in [1.165, 1.54) is 23.6 Å². The van der Waals surface area contributed by atoms with Gasteiger partial charge in [-0.05, 0) is 42.5 Å². The Morgan fingerprint density at radius 3 is 2.54 bits per heavy atom. The van der Waals surface area contributed by atoms with Crippen LogP contribution in [-0.2, 0) is 4.79 Å². The van der Waals surface area contributed by atoms with Gasteiger partial charge in [0.25, 0.3) is 5.91 Å². The summed E-state index contributed by atoms with van der Waals surface area (Å²) in [6, 6.07) is 14.6. The number of halogens is 1. The number of hydrogen-bond acceptors (Lipinski definition) is 4. The first-order chi connectivity index (χ1) is 12.4. The number of rotatable bonds is 6. The molecule has 0 saturated heterocycles.